The molecule has 1 aliphatic carbocycles. The topological polar surface area (TPSA) is 30.5 Å². The van der Waals surface area contributed by atoms with Crippen LogP contribution >= 0.6 is 0 Å². The summed E-state index contributed by atoms with van der Waals surface area (Å²) in [5.74, 6) is 1.77. The Bertz CT molecular complexity index is 4180. The molecule has 15 rings (SSSR count). The Kier molecular flexibility index (Phi) is 7.40. The number of hydrogen-bond acceptors (Lipinski definition) is 3. The van der Waals surface area contributed by atoms with E-state index < -0.39 is 5.41 Å². The van der Waals surface area contributed by atoms with Crippen LogP contribution in [0.1, 0.15) is 22.3 Å². The van der Waals surface area contributed by atoms with E-state index in [1.54, 1.807) is 0 Å². The summed E-state index contributed by atoms with van der Waals surface area (Å²) in [7, 11) is 0. The van der Waals surface area contributed by atoms with Gasteiger partial charge in [-0.15, -0.1) is 0 Å². The Morgan fingerprint density at radius 1 is 0.373 bits per heavy atom. The minimum Gasteiger partial charge on any atom is -0.457 e. The molecule has 1 aliphatic heterocycles. The standard InChI is InChI=1S/C63H38N2O2/c1-2-17-42-39(15-1)16-13-27-54(42)64(40-32-35-57-49(37-40)44-19-4-9-26-55(44)65(57)41-31-33-46-45-20-5-10-28-58(45)66-61(46)38-41)56-36-34-47-43-18-3-6-22-50(43)63(53-25-14-21-48(56)62(47)53)51-23-7-11-29-59(51)67-60-30-12-8-24-52(60)63/h1-38H. The lowest BCUT2D eigenvalue weighted by Gasteiger charge is -2.45. The fourth-order valence-corrected chi connectivity index (χ4v) is 11.9. The third-order valence-electron chi connectivity index (χ3n) is 14.6. The Morgan fingerprint density at radius 3 is 1.87 bits per heavy atom. The van der Waals surface area contributed by atoms with E-state index in [1.807, 2.05) is 12.1 Å². The van der Waals surface area contributed by atoms with Crippen molar-refractivity contribution >= 4 is 82.4 Å². The maximum atomic E-state index is 6.73. The van der Waals surface area contributed by atoms with E-state index >= 15 is 0 Å². The summed E-state index contributed by atoms with van der Waals surface area (Å²) in [6.07, 6.45) is 0. The van der Waals surface area contributed by atoms with Crippen molar-refractivity contribution in [1.82, 2.24) is 4.57 Å². The number of nitrogens with zero attached hydrogens (tertiary/aromatic N) is 2. The Labute approximate surface area is 385 Å². The predicted molar refractivity (Wildman–Crippen MR) is 275 cm³/mol. The summed E-state index contributed by atoms with van der Waals surface area (Å²) in [5, 5.41) is 9.41. The lowest BCUT2D eigenvalue weighted by molar-refractivity contribution is 0.435. The number of ether oxygens (including phenoxy) is 1. The summed E-state index contributed by atoms with van der Waals surface area (Å²) in [6.45, 7) is 0. The van der Waals surface area contributed by atoms with E-state index in [1.165, 1.54) is 54.6 Å². The molecular weight excluding hydrogens is 817 g/mol. The molecular formula is C63H38N2O2. The second-order valence-corrected chi connectivity index (χ2v) is 17.9. The molecule has 0 saturated heterocycles. The zero-order valence-electron chi connectivity index (χ0n) is 36.2. The van der Waals surface area contributed by atoms with Crippen LogP contribution in [0.5, 0.6) is 11.5 Å². The minimum atomic E-state index is -0.621. The van der Waals surface area contributed by atoms with Gasteiger partial charge in [0.05, 0.1) is 27.8 Å². The molecule has 0 unspecified atom stereocenters. The number of aromatic nitrogens is 1. The fourth-order valence-electron chi connectivity index (χ4n) is 11.9. The molecule has 1 spiro atoms. The van der Waals surface area contributed by atoms with Gasteiger partial charge in [-0.3, -0.25) is 0 Å². The second-order valence-electron chi connectivity index (χ2n) is 17.9. The number of fused-ring (bicyclic) bond motifs is 15. The summed E-state index contributed by atoms with van der Waals surface area (Å²) >= 11 is 0. The molecule has 0 radical (unpaired) electrons. The minimum absolute atomic E-state index is 0.621. The van der Waals surface area contributed by atoms with Crippen molar-refractivity contribution in [1.29, 1.82) is 0 Å². The van der Waals surface area contributed by atoms with Crippen LogP contribution < -0.4 is 9.64 Å². The van der Waals surface area contributed by atoms with Crippen LogP contribution in [0.25, 0.3) is 82.1 Å². The average Bonchev–Trinajstić information content (AvgIpc) is 3.93. The van der Waals surface area contributed by atoms with Gasteiger partial charge in [0.25, 0.3) is 0 Å². The fraction of sp³-hybridized carbons (Fsp3) is 0.0159. The van der Waals surface area contributed by atoms with E-state index in [0.717, 1.165) is 78.3 Å². The second kappa shape index (κ2) is 13.6. The molecule has 4 heteroatoms. The van der Waals surface area contributed by atoms with Gasteiger partial charge in [0.15, 0.2) is 0 Å². The summed E-state index contributed by atoms with van der Waals surface area (Å²) in [6, 6.07) is 84.0. The van der Waals surface area contributed by atoms with Gasteiger partial charge in [-0.05, 0) is 99.8 Å². The van der Waals surface area contributed by atoms with Crippen molar-refractivity contribution in [3.63, 3.8) is 0 Å². The number of anilines is 3. The van der Waals surface area contributed by atoms with Gasteiger partial charge in [0.2, 0.25) is 0 Å². The van der Waals surface area contributed by atoms with Crippen LogP contribution in [-0.2, 0) is 5.41 Å². The van der Waals surface area contributed by atoms with Gasteiger partial charge < -0.3 is 18.6 Å². The first-order valence-electron chi connectivity index (χ1n) is 23.0. The first-order valence-corrected chi connectivity index (χ1v) is 23.0. The number of hydrogen-bond donors (Lipinski definition) is 0. The maximum absolute atomic E-state index is 6.73. The third-order valence-corrected chi connectivity index (χ3v) is 14.6. The zero-order valence-corrected chi connectivity index (χ0v) is 36.2. The van der Waals surface area contributed by atoms with Gasteiger partial charge in [-0.1, -0.05) is 158 Å². The molecule has 0 bridgehead atoms. The molecule has 2 aliphatic rings. The van der Waals surface area contributed by atoms with Crippen LogP contribution in [0.4, 0.5) is 17.1 Å². The Balaban J connectivity index is 1.01. The van der Waals surface area contributed by atoms with Crippen molar-refractivity contribution in [2.75, 3.05) is 4.90 Å². The molecule has 67 heavy (non-hydrogen) atoms. The van der Waals surface area contributed by atoms with Crippen LogP contribution in [0.15, 0.2) is 235 Å². The molecule has 0 amide bonds. The number of furan rings is 1. The zero-order chi connectivity index (χ0) is 43.8. The lowest BCUT2D eigenvalue weighted by atomic mass is 9.58. The van der Waals surface area contributed by atoms with E-state index in [9.17, 15) is 0 Å². The number of benzene rings is 11. The Hall–Kier alpha value is -8.86. The average molecular weight is 855 g/mol. The predicted octanol–water partition coefficient (Wildman–Crippen LogP) is 16.9. The molecule has 11 aromatic carbocycles. The van der Waals surface area contributed by atoms with Gasteiger partial charge in [-0.2, -0.15) is 0 Å². The molecule has 0 fully saturated rings. The molecule has 2 aromatic heterocycles. The monoisotopic (exact) mass is 854 g/mol. The number of para-hydroxylation sites is 4. The SMILES string of the molecule is c1ccc2c(c1)Oc1ccccc1C21c2ccccc2-c2ccc(N(c3ccc4c(c3)c3ccccc3n4-c3ccc4c(c3)oc3ccccc34)c3cccc4ccccc34)c3cccc1c23. The van der Waals surface area contributed by atoms with E-state index in [-0.39, 0.29) is 0 Å². The molecule has 13 aromatic rings. The van der Waals surface area contributed by atoms with Crippen molar-refractivity contribution < 1.29 is 9.15 Å². The van der Waals surface area contributed by atoms with Crippen molar-refractivity contribution in [2.45, 2.75) is 5.41 Å². The van der Waals surface area contributed by atoms with Gasteiger partial charge in [-0.25, -0.2) is 0 Å². The van der Waals surface area contributed by atoms with Crippen LogP contribution in [0.2, 0.25) is 0 Å². The van der Waals surface area contributed by atoms with E-state index in [4.69, 9.17) is 9.15 Å². The van der Waals surface area contributed by atoms with Gasteiger partial charge in [0, 0.05) is 60.9 Å². The highest BCUT2D eigenvalue weighted by Gasteiger charge is 2.49. The van der Waals surface area contributed by atoms with Crippen molar-refractivity contribution in [3.05, 3.63) is 253 Å². The largest absolute Gasteiger partial charge is 0.457 e. The molecule has 0 N–H and O–H groups in total. The highest BCUT2D eigenvalue weighted by atomic mass is 16.5. The smallest absolute Gasteiger partial charge is 0.137 e. The quantitative estimate of drug-likeness (QED) is 0.177. The van der Waals surface area contributed by atoms with Crippen LogP contribution in [-0.4, -0.2) is 4.57 Å². The third kappa shape index (κ3) is 4.91. The van der Waals surface area contributed by atoms with Crippen molar-refractivity contribution in [2.24, 2.45) is 0 Å². The molecule has 0 atom stereocenters. The molecule has 0 saturated carbocycles. The lowest BCUT2D eigenvalue weighted by Crippen LogP contribution is -2.36. The van der Waals surface area contributed by atoms with Crippen molar-refractivity contribution in [3.8, 4) is 28.3 Å². The maximum Gasteiger partial charge on any atom is 0.137 e. The first kappa shape index (κ1) is 36.5. The highest BCUT2D eigenvalue weighted by Crippen LogP contribution is 2.62. The summed E-state index contributed by atoms with van der Waals surface area (Å²) in [4.78, 5) is 2.50. The summed E-state index contributed by atoms with van der Waals surface area (Å²) in [5.41, 5.74) is 15.1. The molecule has 3 heterocycles. The van der Waals surface area contributed by atoms with E-state index in [0.29, 0.717) is 0 Å². The van der Waals surface area contributed by atoms with Crippen LogP contribution in [0, 0.1) is 0 Å². The van der Waals surface area contributed by atoms with Gasteiger partial charge in [0.1, 0.15) is 22.7 Å². The van der Waals surface area contributed by atoms with E-state index in [2.05, 4.69) is 228 Å². The Morgan fingerprint density at radius 2 is 1.00 bits per heavy atom. The number of rotatable bonds is 4. The summed E-state index contributed by atoms with van der Waals surface area (Å²) < 4.78 is 15.5. The first-order chi connectivity index (χ1) is 33.2. The van der Waals surface area contributed by atoms with Crippen LogP contribution in [0.3, 0.4) is 0 Å². The molecule has 4 nitrogen and oxygen atoms in total. The van der Waals surface area contributed by atoms with Gasteiger partial charge >= 0.3 is 0 Å². The normalized spacial score (nSPS) is 13.3. The highest BCUT2D eigenvalue weighted by molar-refractivity contribution is 6.15. The molecule has 312 valence electrons.